The first-order valence-corrected chi connectivity index (χ1v) is 3.52. The Morgan fingerprint density at radius 1 is 1.75 bits per heavy atom. The quantitative estimate of drug-likeness (QED) is 0.283. The highest BCUT2D eigenvalue weighted by molar-refractivity contribution is 5.76. The number of likely N-dealkylation sites (N-methyl/N-ethyl adjacent to an activating group) is 1. The van der Waals surface area contributed by atoms with Crippen LogP contribution in [0.2, 0.25) is 0 Å². The first kappa shape index (κ1) is 11.1. The topological polar surface area (TPSA) is 78.8 Å². The molecule has 0 fully saturated rings. The van der Waals surface area contributed by atoms with E-state index in [2.05, 4.69) is 16.6 Å². The van der Waals surface area contributed by atoms with E-state index in [9.17, 15) is 4.79 Å². The zero-order valence-electron chi connectivity index (χ0n) is 6.91. The summed E-state index contributed by atoms with van der Waals surface area (Å²) in [5.74, 6) is -3.73. The molecule has 0 unspecified atom stereocenters. The van der Waals surface area contributed by atoms with Crippen molar-refractivity contribution in [1.82, 2.24) is 5.32 Å². The number of aliphatic hydroxyl groups is 2. The summed E-state index contributed by atoms with van der Waals surface area (Å²) in [4.78, 5) is 10.8. The number of esters is 1. The molecule has 5 heteroatoms. The van der Waals surface area contributed by atoms with Crippen molar-refractivity contribution in [1.29, 1.82) is 0 Å². The molecule has 0 aliphatic heterocycles. The Morgan fingerprint density at radius 2 is 2.33 bits per heavy atom. The summed E-state index contributed by atoms with van der Waals surface area (Å²) in [6.45, 7) is 5.12. The standard InChI is InChI=1S/C7H13NO4/c1-3-5-12-6(9)7(10,11)8-4-2/h3,8,10-11H,1,4-5H2,2H3. The summed E-state index contributed by atoms with van der Waals surface area (Å²) >= 11 is 0. The Kier molecular flexibility index (Phi) is 4.50. The molecule has 12 heavy (non-hydrogen) atoms. The van der Waals surface area contributed by atoms with Crippen LogP contribution in [0, 0.1) is 0 Å². The molecule has 0 aromatic heterocycles. The normalized spacial score (nSPS) is 10.9. The first-order valence-electron chi connectivity index (χ1n) is 3.52. The Labute approximate surface area is 70.7 Å². The lowest BCUT2D eigenvalue weighted by atomic mass is 10.4. The first-order chi connectivity index (χ1) is 5.54. The minimum Gasteiger partial charge on any atom is -0.456 e. The van der Waals surface area contributed by atoms with E-state index in [1.54, 1.807) is 6.92 Å². The molecule has 0 radical (unpaired) electrons. The number of hydrogen-bond donors (Lipinski definition) is 3. The SMILES string of the molecule is C=CCOC(=O)C(O)(O)NCC. The highest BCUT2D eigenvalue weighted by atomic mass is 16.6. The lowest BCUT2D eigenvalue weighted by Crippen LogP contribution is -2.52. The van der Waals surface area contributed by atoms with Crippen molar-refractivity contribution in [2.45, 2.75) is 12.8 Å². The fourth-order valence-electron chi connectivity index (χ4n) is 0.554. The summed E-state index contributed by atoms with van der Waals surface area (Å²) in [6.07, 6.45) is 1.33. The molecule has 0 aliphatic carbocycles. The van der Waals surface area contributed by atoms with Crippen molar-refractivity contribution in [3.05, 3.63) is 12.7 Å². The summed E-state index contributed by atoms with van der Waals surface area (Å²) in [5.41, 5.74) is 0. The van der Waals surface area contributed by atoms with Crippen LogP contribution in [-0.2, 0) is 9.53 Å². The molecular weight excluding hydrogens is 162 g/mol. The number of hydrogen-bond acceptors (Lipinski definition) is 5. The summed E-state index contributed by atoms with van der Waals surface area (Å²) in [5, 5.41) is 20.0. The summed E-state index contributed by atoms with van der Waals surface area (Å²) in [6, 6.07) is 0. The van der Waals surface area contributed by atoms with Gasteiger partial charge in [0.05, 0.1) is 0 Å². The van der Waals surface area contributed by atoms with Crippen LogP contribution in [-0.4, -0.2) is 35.2 Å². The second-order valence-corrected chi connectivity index (χ2v) is 2.09. The van der Waals surface area contributed by atoms with Gasteiger partial charge in [-0.2, -0.15) is 0 Å². The zero-order valence-corrected chi connectivity index (χ0v) is 6.91. The van der Waals surface area contributed by atoms with Gasteiger partial charge in [0.1, 0.15) is 6.61 Å². The largest absolute Gasteiger partial charge is 0.456 e. The molecule has 0 heterocycles. The van der Waals surface area contributed by atoms with Crippen LogP contribution in [0.3, 0.4) is 0 Å². The Hall–Kier alpha value is -0.910. The number of carbonyl (C=O) groups is 1. The number of nitrogens with one attached hydrogen (secondary N) is 1. The van der Waals surface area contributed by atoms with Crippen LogP contribution in [0.1, 0.15) is 6.92 Å². The molecule has 0 aromatic rings. The van der Waals surface area contributed by atoms with Gasteiger partial charge in [-0.05, 0) is 6.54 Å². The minimum atomic E-state index is -2.60. The molecule has 0 rings (SSSR count). The van der Waals surface area contributed by atoms with Gasteiger partial charge in [-0.15, -0.1) is 0 Å². The third kappa shape index (κ3) is 3.47. The van der Waals surface area contributed by atoms with Crippen molar-refractivity contribution in [2.75, 3.05) is 13.2 Å². The maximum Gasteiger partial charge on any atom is 0.383 e. The highest BCUT2D eigenvalue weighted by Gasteiger charge is 2.33. The van der Waals surface area contributed by atoms with Gasteiger partial charge in [0.25, 0.3) is 0 Å². The molecule has 0 saturated carbocycles. The lowest BCUT2D eigenvalue weighted by Gasteiger charge is -2.19. The van der Waals surface area contributed by atoms with Gasteiger partial charge in [-0.3, -0.25) is 5.32 Å². The van der Waals surface area contributed by atoms with E-state index in [1.165, 1.54) is 6.08 Å². The molecular formula is C7H13NO4. The monoisotopic (exact) mass is 175 g/mol. The van der Waals surface area contributed by atoms with E-state index in [4.69, 9.17) is 10.2 Å². The van der Waals surface area contributed by atoms with Crippen LogP contribution >= 0.6 is 0 Å². The van der Waals surface area contributed by atoms with Gasteiger partial charge >= 0.3 is 11.9 Å². The average molecular weight is 175 g/mol. The van der Waals surface area contributed by atoms with Crippen LogP contribution in [0.25, 0.3) is 0 Å². The second-order valence-electron chi connectivity index (χ2n) is 2.09. The molecule has 0 aromatic carbocycles. The third-order valence-electron chi connectivity index (χ3n) is 1.04. The van der Waals surface area contributed by atoms with Crippen LogP contribution < -0.4 is 5.32 Å². The molecule has 0 spiro atoms. The van der Waals surface area contributed by atoms with E-state index in [0.717, 1.165) is 0 Å². The Balaban J connectivity index is 3.96. The fraction of sp³-hybridized carbons (Fsp3) is 0.571. The molecule has 0 amide bonds. The van der Waals surface area contributed by atoms with E-state index in [-0.39, 0.29) is 13.2 Å². The fourth-order valence-corrected chi connectivity index (χ4v) is 0.554. The Bertz CT molecular complexity index is 167. The lowest BCUT2D eigenvalue weighted by molar-refractivity contribution is -0.219. The van der Waals surface area contributed by atoms with Gasteiger partial charge < -0.3 is 14.9 Å². The van der Waals surface area contributed by atoms with Crippen LogP contribution in [0.5, 0.6) is 0 Å². The van der Waals surface area contributed by atoms with Gasteiger partial charge in [0.2, 0.25) is 0 Å². The van der Waals surface area contributed by atoms with E-state index >= 15 is 0 Å². The average Bonchev–Trinajstić information content (AvgIpc) is 2.00. The maximum atomic E-state index is 10.8. The summed E-state index contributed by atoms with van der Waals surface area (Å²) in [7, 11) is 0. The van der Waals surface area contributed by atoms with Crippen molar-refractivity contribution in [2.24, 2.45) is 0 Å². The molecule has 0 bridgehead atoms. The van der Waals surface area contributed by atoms with Crippen LogP contribution in [0.15, 0.2) is 12.7 Å². The summed E-state index contributed by atoms with van der Waals surface area (Å²) < 4.78 is 4.39. The molecule has 0 atom stereocenters. The van der Waals surface area contributed by atoms with Crippen LogP contribution in [0.4, 0.5) is 0 Å². The molecule has 3 N–H and O–H groups in total. The highest BCUT2D eigenvalue weighted by Crippen LogP contribution is 1.97. The van der Waals surface area contributed by atoms with E-state index < -0.39 is 11.9 Å². The van der Waals surface area contributed by atoms with Gasteiger partial charge in [-0.25, -0.2) is 4.79 Å². The van der Waals surface area contributed by atoms with Crippen molar-refractivity contribution in [3.8, 4) is 0 Å². The van der Waals surface area contributed by atoms with Crippen molar-refractivity contribution in [3.63, 3.8) is 0 Å². The minimum absolute atomic E-state index is 0.0485. The van der Waals surface area contributed by atoms with Gasteiger partial charge in [0, 0.05) is 0 Å². The number of ether oxygens (including phenoxy) is 1. The molecule has 70 valence electrons. The number of carbonyl (C=O) groups excluding carboxylic acids is 1. The molecule has 5 nitrogen and oxygen atoms in total. The molecule has 0 aliphatic rings. The molecule has 0 saturated heterocycles. The van der Waals surface area contributed by atoms with Gasteiger partial charge in [-0.1, -0.05) is 19.6 Å². The predicted octanol–water partition coefficient (Wildman–Crippen LogP) is -1.04. The van der Waals surface area contributed by atoms with Gasteiger partial charge in [0.15, 0.2) is 0 Å². The van der Waals surface area contributed by atoms with E-state index in [1.807, 2.05) is 0 Å². The van der Waals surface area contributed by atoms with Crippen molar-refractivity contribution >= 4 is 5.97 Å². The predicted molar refractivity (Wildman–Crippen MR) is 42.0 cm³/mol. The maximum absolute atomic E-state index is 10.8. The third-order valence-corrected chi connectivity index (χ3v) is 1.04. The van der Waals surface area contributed by atoms with E-state index in [0.29, 0.717) is 0 Å². The zero-order chi connectivity index (χ0) is 9.61. The number of rotatable bonds is 5. The Morgan fingerprint density at radius 3 is 2.75 bits per heavy atom. The smallest absolute Gasteiger partial charge is 0.383 e. The second kappa shape index (κ2) is 4.87. The van der Waals surface area contributed by atoms with Crippen molar-refractivity contribution < 1.29 is 19.7 Å².